The summed E-state index contributed by atoms with van der Waals surface area (Å²) in [6.07, 6.45) is 3.37. The monoisotopic (exact) mass is 191 g/mol. The molecule has 0 aromatic carbocycles. The molecule has 0 saturated carbocycles. The minimum absolute atomic E-state index is 0.0485. The molecule has 2 aromatic heterocycles. The van der Waals surface area contributed by atoms with Crippen molar-refractivity contribution in [2.24, 2.45) is 7.05 Å². The maximum atomic E-state index is 11.0. The minimum Gasteiger partial charge on any atom is -0.508 e. The van der Waals surface area contributed by atoms with Gasteiger partial charge in [-0.15, -0.1) is 0 Å². The number of pyridine rings is 1. The quantitative estimate of drug-likeness (QED) is 0.688. The third-order valence-corrected chi connectivity index (χ3v) is 1.84. The van der Waals surface area contributed by atoms with Gasteiger partial charge in [0.25, 0.3) is 5.56 Å². The number of aromatic amines is 1. The molecule has 0 spiro atoms. The van der Waals surface area contributed by atoms with Gasteiger partial charge in [0, 0.05) is 30.9 Å². The number of hydrogen-bond donors (Lipinski definition) is 2. The molecule has 5 heteroatoms. The summed E-state index contributed by atoms with van der Waals surface area (Å²) in [7, 11) is 1.78. The predicted molar refractivity (Wildman–Crippen MR) is 50.9 cm³/mol. The van der Waals surface area contributed by atoms with Crippen LogP contribution in [0, 0.1) is 0 Å². The van der Waals surface area contributed by atoms with Crippen molar-refractivity contribution in [1.82, 2.24) is 14.8 Å². The van der Waals surface area contributed by atoms with Crippen LogP contribution in [0.5, 0.6) is 5.75 Å². The van der Waals surface area contributed by atoms with Gasteiger partial charge in [-0.1, -0.05) is 0 Å². The highest BCUT2D eigenvalue weighted by Crippen LogP contribution is 2.17. The Labute approximate surface area is 79.6 Å². The number of aromatic hydroxyl groups is 1. The van der Waals surface area contributed by atoms with Crippen LogP contribution in [0.1, 0.15) is 0 Å². The first-order valence-corrected chi connectivity index (χ1v) is 4.07. The first kappa shape index (κ1) is 8.55. The van der Waals surface area contributed by atoms with E-state index in [1.54, 1.807) is 24.1 Å². The first-order valence-electron chi connectivity index (χ1n) is 4.07. The van der Waals surface area contributed by atoms with Gasteiger partial charge in [-0.2, -0.15) is 5.10 Å². The Kier molecular flexibility index (Phi) is 1.85. The lowest BCUT2D eigenvalue weighted by molar-refractivity contribution is 0.474. The first-order chi connectivity index (χ1) is 6.65. The fourth-order valence-corrected chi connectivity index (χ4v) is 1.24. The number of nitrogens with one attached hydrogen (secondary N) is 1. The van der Waals surface area contributed by atoms with Crippen molar-refractivity contribution in [2.75, 3.05) is 0 Å². The average molecular weight is 191 g/mol. The Bertz CT molecular complexity index is 513. The SMILES string of the molecule is Cn1cc(-c2cc(O)cc(=O)[nH]2)cn1. The number of rotatable bonds is 1. The molecule has 0 aliphatic rings. The smallest absolute Gasteiger partial charge is 0.252 e. The van der Waals surface area contributed by atoms with Gasteiger partial charge in [0.1, 0.15) is 5.75 Å². The molecule has 0 radical (unpaired) electrons. The molecule has 2 N–H and O–H groups in total. The van der Waals surface area contributed by atoms with E-state index in [4.69, 9.17) is 0 Å². The van der Waals surface area contributed by atoms with Crippen LogP contribution in [0.15, 0.2) is 29.3 Å². The molecule has 0 aliphatic carbocycles. The number of aromatic nitrogens is 3. The maximum Gasteiger partial charge on any atom is 0.252 e. The number of nitrogens with zero attached hydrogens (tertiary/aromatic N) is 2. The highest BCUT2D eigenvalue weighted by atomic mass is 16.3. The summed E-state index contributed by atoms with van der Waals surface area (Å²) < 4.78 is 1.62. The molecule has 0 unspecified atom stereocenters. The van der Waals surface area contributed by atoms with E-state index in [0.29, 0.717) is 5.69 Å². The Balaban J connectivity index is 2.56. The van der Waals surface area contributed by atoms with Gasteiger partial charge in [0.05, 0.1) is 11.9 Å². The van der Waals surface area contributed by atoms with Crippen molar-refractivity contribution in [3.05, 3.63) is 34.9 Å². The van der Waals surface area contributed by atoms with E-state index in [1.165, 1.54) is 6.07 Å². The minimum atomic E-state index is -0.330. The van der Waals surface area contributed by atoms with E-state index in [0.717, 1.165) is 11.6 Å². The zero-order chi connectivity index (χ0) is 10.1. The van der Waals surface area contributed by atoms with Crippen molar-refractivity contribution < 1.29 is 5.11 Å². The predicted octanol–water partition coefficient (Wildman–Crippen LogP) is 0.481. The van der Waals surface area contributed by atoms with Crippen LogP contribution in [-0.2, 0) is 7.05 Å². The molecule has 2 rings (SSSR count). The molecule has 2 heterocycles. The Morgan fingerprint density at radius 2 is 2.29 bits per heavy atom. The molecule has 0 aliphatic heterocycles. The molecule has 0 saturated heterocycles. The molecular formula is C9H9N3O2. The molecule has 72 valence electrons. The fourth-order valence-electron chi connectivity index (χ4n) is 1.24. The maximum absolute atomic E-state index is 11.0. The fraction of sp³-hybridized carbons (Fsp3) is 0.111. The topological polar surface area (TPSA) is 70.9 Å². The highest BCUT2D eigenvalue weighted by molar-refractivity contribution is 5.58. The molecular weight excluding hydrogens is 182 g/mol. The Morgan fingerprint density at radius 1 is 1.50 bits per heavy atom. The van der Waals surface area contributed by atoms with Crippen LogP contribution >= 0.6 is 0 Å². The third kappa shape index (κ3) is 1.52. The van der Waals surface area contributed by atoms with Gasteiger partial charge >= 0.3 is 0 Å². The molecule has 5 nitrogen and oxygen atoms in total. The Morgan fingerprint density at radius 3 is 2.86 bits per heavy atom. The summed E-state index contributed by atoms with van der Waals surface area (Å²) >= 11 is 0. The van der Waals surface area contributed by atoms with Crippen LogP contribution in [0.4, 0.5) is 0 Å². The van der Waals surface area contributed by atoms with Gasteiger partial charge in [-0.3, -0.25) is 9.48 Å². The molecule has 0 fully saturated rings. The van der Waals surface area contributed by atoms with Crippen LogP contribution in [-0.4, -0.2) is 19.9 Å². The van der Waals surface area contributed by atoms with E-state index < -0.39 is 0 Å². The molecule has 0 amide bonds. The second-order valence-electron chi connectivity index (χ2n) is 3.02. The zero-order valence-electron chi connectivity index (χ0n) is 7.56. The van der Waals surface area contributed by atoms with Gasteiger partial charge in [0.15, 0.2) is 0 Å². The number of H-pyrrole nitrogens is 1. The lowest BCUT2D eigenvalue weighted by atomic mass is 10.2. The van der Waals surface area contributed by atoms with Crippen molar-refractivity contribution in [3.8, 4) is 17.0 Å². The van der Waals surface area contributed by atoms with Crippen LogP contribution in [0.2, 0.25) is 0 Å². The second-order valence-corrected chi connectivity index (χ2v) is 3.02. The van der Waals surface area contributed by atoms with E-state index in [-0.39, 0.29) is 11.3 Å². The summed E-state index contributed by atoms with van der Waals surface area (Å²) in [6.45, 7) is 0. The van der Waals surface area contributed by atoms with Gasteiger partial charge in [0.2, 0.25) is 0 Å². The Hall–Kier alpha value is -2.04. The van der Waals surface area contributed by atoms with E-state index >= 15 is 0 Å². The number of hydrogen-bond acceptors (Lipinski definition) is 3. The van der Waals surface area contributed by atoms with Crippen molar-refractivity contribution in [3.63, 3.8) is 0 Å². The van der Waals surface area contributed by atoms with E-state index in [2.05, 4.69) is 10.1 Å². The normalized spacial score (nSPS) is 10.4. The average Bonchev–Trinajstić information content (AvgIpc) is 2.50. The summed E-state index contributed by atoms with van der Waals surface area (Å²) in [5.74, 6) is -0.0485. The molecule has 0 bridgehead atoms. The van der Waals surface area contributed by atoms with Crippen molar-refractivity contribution >= 4 is 0 Å². The van der Waals surface area contributed by atoms with Gasteiger partial charge < -0.3 is 10.1 Å². The lowest BCUT2D eigenvalue weighted by Gasteiger charge is -1.97. The van der Waals surface area contributed by atoms with Crippen LogP contribution < -0.4 is 5.56 Å². The van der Waals surface area contributed by atoms with Gasteiger partial charge in [-0.05, 0) is 0 Å². The number of aryl methyl sites for hydroxylation is 1. The molecule has 0 atom stereocenters. The van der Waals surface area contributed by atoms with E-state index in [1.807, 2.05) is 0 Å². The van der Waals surface area contributed by atoms with Crippen molar-refractivity contribution in [2.45, 2.75) is 0 Å². The summed E-state index contributed by atoms with van der Waals surface area (Å²) in [6, 6.07) is 2.61. The summed E-state index contributed by atoms with van der Waals surface area (Å²) in [4.78, 5) is 13.7. The highest BCUT2D eigenvalue weighted by Gasteiger charge is 2.02. The zero-order valence-corrected chi connectivity index (χ0v) is 7.56. The summed E-state index contributed by atoms with van der Waals surface area (Å²) in [5.41, 5.74) is 0.993. The second kappa shape index (κ2) is 3.02. The van der Waals surface area contributed by atoms with Gasteiger partial charge in [-0.25, -0.2) is 0 Å². The van der Waals surface area contributed by atoms with E-state index in [9.17, 15) is 9.90 Å². The third-order valence-electron chi connectivity index (χ3n) is 1.84. The lowest BCUT2D eigenvalue weighted by Crippen LogP contribution is -2.03. The largest absolute Gasteiger partial charge is 0.508 e. The van der Waals surface area contributed by atoms with Crippen molar-refractivity contribution in [1.29, 1.82) is 0 Å². The molecule has 14 heavy (non-hydrogen) atoms. The van der Waals surface area contributed by atoms with Crippen LogP contribution in [0.25, 0.3) is 11.3 Å². The molecule has 2 aromatic rings. The standard InChI is InChI=1S/C9H9N3O2/c1-12-5-6(4-10-12)8-2-7(13)3-9(14)11-8/h2-5H,1H3,(H2,11,13,14). The van der Waals surface area contributed by atoms with Crippen LogP contribution in [0.3, 0.4) is 0 Å². The summed E-state index contributed by atoms with van der Waals surface area (Å²) in [5, 5.41) is 13.2.